The van der Waals surface area contributed by atoms with E-state index in [1.807, 2.05) is 18.2 Å². The van der Waals surface area contributed by atoms with Crippen LogP contribution in [0.1, 0.15) is 40.2 Å². The van der Waals surface area contributed by atoms with E-state index in [1.165, 1.54) is 22.3 Å². The van der Waals surface area contributed by atoms with Crippen LogP contribution in [0, 0.1) is 0 Å². The van der Waals surface area contributed by atoms with E-state index in [0.29, 0.717) is 0 Å². The molecule has 0 fully saturated rings. The van der Waals surface area contributed by atoms with Crippen molar-refractivity contribution in [3.8, 4) is 0 Å². The maximum Gasteiger partial charge on any atom is 0.192 e. The van der Waals surface area contributed by atoms with Gasteiger partial charge >= 0.3 is 0 Å². The van der Waals surface area contributed by atoms with E-state index in [-0.39, 0.29) is 14.4 Å². The third-order valence-corrected chi connectivity index (χ3v) is 4.96. The minimum atomic E-state index is 0.0577. The zero-order chi connectivity index (χ0) is 16.2. The largest absolute Gasteiger partial charge is 0.269 e. The molecule has 2 aromatic carbocycles. The van der Waals surface area contributed by atoms with Crippen LogP contribution < -0.4 is 5.30 Å². The van der Waals surface area contributed by atoms with E-state index >= 15 is 0 Å². The Bertz CT molecular complexity index is 801. The lowest BCUT2D eigenvalue weighted by molar-refractivity contribution is 0.603. The summed E-state index contributed by atoms with van der Waals surface area (Å²) < 4.78 is 11.6. The summed E-state index contributed by atoms with van der Waals surface area (Å²) in [7, 11) is 0.0577. The molecule has 0 saturated heterocycles. The van der Waals surface area contributed by atoms with Gasteiger partial charge in [0.1, 0.15) is 0 Å². The van der Waals surface area contributed by atoms with Crippen LogP contribution in [0.3, 0.4) is 0 Å². The summed E-state index contributed by atoms with van der Waals surface area (Å²) in [5.41, 5.74) is 6.09. The van der Waals surface area contributed by atoms with Gasteiger partial charge in [-0.05, 0) is 46.7 Å². The van der Waals surface area contributed by atoms with Crippen LogP contribution in [0.5, 0.6) is 0 Å². The van der Waals surface area contributed by atoms with Gasteiger partial charge in [0, 0.05) is 5.92 Å². The Kier molecular flexibility index (Phi) is 4.69. The molecule has 0 saturated carbocycles. The zero-order valence-corrected chi connectivity index (χ0v) is 13.9. The third-order valence-electron chi connectivity index (χ3n) is 4.37. The molecular weight excluding hydrogens is 299 g/mol. The van der Waals surface area contributed by atoms with Gasteiger partial charge in [-0.1, -0.05) is 54.6 Å². The van der Waals surface area contributed by atoms with Gasteiger partial charge in [0.15, 0.2) is 8.46 Å². The molecule has 0 spiro atoms. The first-order chi connectivity index (χ1) is 11.3. The summed E-state index contributed by atoms with van der Waals surface area (Å²) in [5, 5.41) is 0.839. The van der Waals surface area contributed by atoms with Crippen LogP contribution in [0.4, 0.5) is 0 Å². The van der Waals surface area contributed by atoms with Crippen molar-refractivity contribution in [2.24, 2.45) is 0 Å². The zero-order valence-electron chi connectivity index (χ0n) is 13.0. The summed E-state index contributed by atoms with van der Waals surface area (Å²) in [6.45, 7) is 7.83. The van der Waals surface area contributed by atoms with Crippen LogP contribution in [-0.4, -0.2) is 0 Å². The Morgan fingerprint density at radius 1 is 1.04 bits per heavy atom. The van der Waals surface area contributed by atoms with Gasteiger partial charge in [-0.15, -0.1) is 13.2 Å². The highest BCUT2D eigenvalue weighted by Crippen LogP contribution is 2.39. The summed E-state index contributed by atoms with van der Waals surface area (Å²) in [5.74, 6) is 0.227. The number of fused-ring (bicyclic) bond motifs is 2. The summed E-state index contributed by atoms with van der Waals surface area (Å²) in [4.78, 5) is 0. The van der Waals surface area contributed by atoms with Crippen molar-refractivity contribution in [2.75, 3.05) is 0 Å². The molecule has 1 atom stereocenters. The molecule has 23 heavy (non-hydrogen) atoms. The molecule has 1 aliphatic rings. The topological polar surface area (TPSA) is 17.1 Å². The quantitative estimate of drug-likeness (QED) is 0.524. The maximum absolute atomic E-state index is 11.6. The van der Waals surface area contributed by atoms with Crippen molar-refractivity contribution in [1.29, 1.82) is 0 Å². The minimum absolute atomic E-state index is 0.0577. The van der Waals surface area contributed by atoms with Crippen LogP contribution in [0.15, 0.2) is 61.7 Å². The SMILES string of the molecule is C=CCc1ccc(P=O)c2c1C(CC=C)c1ccccc1C=C2. The lowest BCUT2D eigenvalue weighted by Gasteiger charge is -2.22. The number of rotatable bonds is 5. The molecule has 0 aromatic heterocycles. The van der Waals surface area contributed by atoms with Crippen molar-refractivity contribution in [3.63, 3.8) is 0 Å². The van der Waals surface area contributed by atoms with Crippen molar-refractivity contribution >= 4 is 25.9 Å². The molecule has 0 aliphatic heterocycles. The first-order valence-electron chi connectivity index (χ1n) is 7.78. The predicted molar refractivity (Wildman–Crippen MR) is 99.6 cm³/mol. The molecular formula is C21H19OP. The summed E-state index contributed by atoms with van der Waals surface area (Å²) in [6, 6.07) is 12.5. The highest BCUT2D eigenvalue weighted by atomic mass is 31.1. The van der Waals surface area contributed by atoms with Crippen LogP contribution >= 0.6 is 8.46 Å². The monoisotopic (exact) mass is 318 g/mol. The average molecular weight is 318 g/mol. The van der Waals surface area contributed by atoms with Crippen molar-refractivity contribution in [3.05, 3.63) is 89.5 Å². The smallest absolute Gasteiger partial charge is 0.192 e. The van der Waals surface area contributed by atoms with Crippen molar-refractivity contribution < 1.29 is 4.57 Å². The standard InChI is InChI=1S/C21H19OP/c1-3-7-16-12-14-20(23-22)19-13-11-15-9-5-6-10-17(15)18(8-4-2)21(16)19/h3-6,9-14,18H,1-2,7-8H2. The highest BCUT2D eigenvalue weighted by molar-refractivity contribution is 7.34. The Morgan fingerprint density at radius 3 is 2.61 bits per heavy atom. The normalized spacial score (nSPS) is 15.6. The van der Waals surface area contributed by atoms with E-state index < -0.39 is 0 Å². The van der Waals surface area contributed by atoms with Crippen LogP contribution in [0.2, 0.25) is 0 Å². The van der Waals surface area contributed by atoms with Gasteiger partial charge in [-0.25, -0.2) is 0 Å². The van der Waals surface area contributed by atoms with E-state index in [2.05, 4.69) is 55.6 Å². The van der Waals surface area contributed by atoms with E-state index in [9.17, 15) is 4.57 Å². The lowest BCUT2D eigenvalue weighted by Crippen LogP contribution is -2.12. The van der Waals surface area contributed by atoms with Crippen molar-refractivity contribution in [1.82, 2.24) is 0 Å². The second-order valence-electron chi connectivity index (χ2n) is 5.69. The molecule has 114 valence electrons. The van der Waals surface area contributed by atoms with Gasteiger partial charge < -0.3 is 0 Å². The highest BCUT2D eigenvalue weighted by Gasteiger charge is 2.24. The first-order valence-corrected chi connectivity index (χ1v) is 8.59. The molecule has 0 radical (unpaired) electrons. The van der Waals surface area contributed by atoms with Gasteiger partial charge in [0.25, 0.3) is 0 Å². The Labute approximate surface area is 139 Å². The number of allylic oxidation sites excluding steroid dienone is 2. The van der Waals surface area contributed by atoms with Gasteiger partial charge in [0.05, 0.1) is 5.30 Å². The Balaban J connectivity index is 2.33. The van der Waals surface area contributed by atoms with Gasteiger partial charge in [-0.2, -0.15) is 0 Å². The van der Waals surface area contributed by atoms with Gasteiger partial charge in [-0.3, -0.25) is 4.57 Å². The number of benzene rings is 2. The van der Waals surface area contributed by atoms with Crippen LogP contribution in [-0.2, 0) is 11.0 Å². The Hall–Kier alpha value is -2.24. The van der Waals surface area contributed by atoms with E-state index in [0.717, 1.165) is 23.7 Å². The summed E-state index contributed by atoms with van der Waals surface area (Å²) in [6.07, 6.45) is 9.79. The molecule has 2 heteroatoms. The lowest BCUT2D eigenvalue weighted by atomic mass is 9.82. The fourth-order valence-electron chi connectivity index (χ4n) is 3.39. The second kappa shape index (κ2) is 6.89. The number of hydrogen-bond acceptors (Lipinski definition) is 1. The fourth-order valence-corrected chi connectivity index (χ4v) is 3.82. The van der Waals surface area contributed by atoms with Crippen LogP contribution in [0.25, 0.3) is 12.2 Å². The molecule has 0 amide bonds. The molecule has 1 aliphatic carbocycles. The molecule has 1 nitrogen and oxygen atoms in total. The molecule has 2 aromatic rings. The first kappa shape index (κ1) is 15.6. The molecule has 0 heterocycles. The second-order valence-corrected chi connectivity index (χ2v) is 6.36. The van der Waals surface area contributed by atoms with Crippen molar-refractivity contribution in [2.45, 2.75) is 18.8 Å². The molecule has 3 rings (SSSR count). The third kappa shape index (κ3) is 2.85. The molecule has 0 N–H and O–H groups in total. The van der Waals surface area contributed by atoms with E-state index in [4.69, 9.17) is 0 Å². The maximum atomic E-state index is 11.6. The fraction of sp³-hybridized carbons (Fsp3) is 0.143. The van der Waals surface area contributed by atoms with Gasteiger partial charge in [0.2, 0.25) is 0 Å². The predicted octanol–water partition coefficient (Wildman–Crippen LogP) is 5.52. The molecule has 0 bridgehead atoms. The number of hydrogen-bond donors (Lipinski definition) is 0. The van der Waals surface area contributed by atoms with E-state index in [1.54, 1.807) is 0 Å². The average Bonchev–Trinajstić information content (AvgIpc) is 2.74. The molecule has 1 unspecified atom stereocenters. The minimum Gasteiger partial charge on any atom is -0.269 e. The Morgan fingerprint density at radius 2 is 1.87 bits per heavy atom. The summed E-state index contributed by atoms with van der Waals surface area (Å²) >= 11 is 0.